The summed E-state index contributed by atoms with van der Waals surface area (Å²) in [5.74, 6) is 1.60. The topological polar surface area (TPSA) is 69.6 Å². The maximum Gasteiger partial charge on any atom is 0.169 e. The Bertz CT molecular complexity index is 3970. The zero-order valence-electron chi connectivity index (χ0n) is 34.4. The fourth-order valence-electron chi connectivity index (χ4n) is 9.51. The lowest BCUT2D eigenvalue weighted by molar-refractivity contribution is 0.669. The Morgan fingerprint density at radius 1 is 0.359 bits per heavy atom. The first-order valence-electron chi connectivity index (χ1n) is 21.4. The van der Waals surface area contributed by atoms with Crippen LogP contribution in [0, 0.1) is 0 Å². The van der Waals surface area contributed by atoms with Crippen LogP contribution in [0.5, 0.6) is 0 Å². The zero-order valence-corrected chi connectivity index (χ0v) is 34.4. The van der Waals surface area contributed by atoms with Crippen molar-refractivity contribution in [2.75, 3.05) is 0 Å². The van der Waals surface area contributed by atoms with Crippen molar-refractivity contribution in [2.24, 2.45) is 0 Å². The third kappa shape index (κ3) is 5.81. The van der Waals surface area contributed by atoms with E-state index in [1.807, 2.05) is 24.4 Å². The van der Waals surface area contributed by atoms with Crippen LogP contribution in [-0.2, 0) is 0 Å². The molecule has 0 aliphatic heterocycles. The van der Waals surface area contributed by atoms with Crippen LogP contribution in [0.4, 0.5) is 0 Å². The van der Waals surface area contributed by atoms with Crippen molar-refractivity contribution in [1.29, 1.82) is 0 Å². The number of hydrogen-bond donors (Lipinski definition) is 0. The van der Waals surface area contributed by atoms with E-state index in [9.17, 15) is 0 Å². The number of aromatic nitrogens is 5. The van der Waals surface area contributed by atoms with E-state index in [2.05, 4.69) is 192 Å². The van der Waals surface area contributed by atoms with Gasteiger partial charge in [0, 0.05) is 50.8 Å². The van der Waals surface area contributed by atoms with Gasteiger partial charge >= 0.3 is 0 Å². The minimum Gasteiger partial charge on any atom is -0.455 e. The molecule has 0 aliphatic carbocycles. The van der Waals surface area contributed by atoms with Crippen LogP contribution in [0.25, 0.3) is 127 Å². The molecule has 0 spiro atoms. The zero-order chi connectivity index (χ0) is 42.1. The fraction of sp³-hybridized carbons (Fsp3) is 0. The van der Waals surface area contributed by atoms with Gasteiger partial charge in [-0.05, 0) is 80.2 Å². The minimum atomic E-state index is 0.488. The molecule has 0 aliphatic rings. The number of benzene rings is 9. The Balaban J connectivity index is 0.948. The second-order valence-electron chi connectivity index (χ2n) is 16.2. The van der Waals surface area contributed by atoms with Crippen molar-refractivity contribution in [1.82, 2.24) is 24.5 Å². The maximum atomic E-state index is 6.48. The summed E-state index contributed by atoms with van der Waals surface area (Å²) in [6.45, 7) is 0. The lowest BCUT2D eigenvalue weighted by atomic mass is 9.97. The van der Waals surface area contributed by atoms with Gasteiger partial charge in [-0.2, -0.15) is 0 Å². The lowest BCUT2D eigenvalue weighted by Crippen LogP contribution is -2.01. The second kappa shape index (κ2) is 14.4. The van der Waals surface area contributed by atoms with Gasteiger partial charge in [-0.15, -0.1) is 0 Å². The Morgan fingerprint density at radius 3 is 1.84 bits per heavy atom. The van der Waals surface area contributed by atoms with E-state index in [0.717, 1.165) is 49.9 Å². The van der Waals surface area contributed by atoms with E-state index in [1.54, 1.807) is 6.20 Å². The predicted molar refractivity (Wildman–Crippen MR) is 261 cm³/mol. The van der Waals surface area contributed by atoms with Gasteiger partial charge in [-0.25, -0.2) is 15.0 Å². The molecule has 0 amide bonds. The van der Waals surface area contributed by atoms with Crippen LogP contribution < -0.4 is 0 Å². The van der Waals surface area contributed by atoms with E-state index < -0.39 is 0 Å². The van der Waals surface area contributed by atoms with Crippen LogP contribution in [0.2, 0.25) is 0 Å². The number of furan rings is 1. The fourth-order valence-corrected chi connectivity index (χ4v) is 9.51. The molecule has 6 heteroatoms. The molecule has 6 nitrogen and oxygen atoms in total. The van der Waals surface area contributed by atoms with E-state index in [-0.39, 0.29) is 0 Å². The molecule has 9 aromatic carbocycles. The quantitative estimate of drug-likeness (QED) is 0.167. The SMILES string of the molecule is c1cc(-c2cccc(-n3c4ccccc4c4c5ccccc5ccc43)c2)cc(-c2nc(-c3ccc(-c4cccc5ccccc45)cc3)nc(-c3cncc4c3oc3ccccc34)n2)c1. The highest BCUT2D eigenvalue weighted by Crippen LogP contribution is 2.39. The molecule has 13 rings (SSSR count). The molecule has 298 valence electrons. The summed E-state index contributed by atoms with van der Waals surface area (Å²) in [5, 5.41) is 9.31. The average molecular weight is 818 g/mol. The summed E-state index contributed by atoms with van der Waals surface area (Å²) >= 11 is 0. The summed E-state index contributed by atoms with van der Waals surface area (Å²) < 4.78 is 8.86. The molecule has 0 N–H and O–H groups in total. The van der Waals surface area contributed by atoms with Gasteiger partial charge in [0.1, 0.15) is 11.2 Å². The molecule has 0 fully saturated rings. The van der Waals surface area contributed by atoms with E-state index in [0.29, 0.717) is 28.6 Å². The number of pyridine rings is 1. The normalized spacial score (nSPS) is 11.8. The smallest absolute Gasteiger partial charge is 0.169 e. The number of fused-ring (bicyclic) bond motifs is 9. The third-order valence-corrected chi connectivity index (χ3v) is 12.5. The van der Waals surface area contributed by atoms with Gasteiger partial charge < -0.3 is 8.98 Å². The van der Waals surface area contributed by atoms with Crippen molar-refractivity contribution in [3.8, 4) is 62.1 Å². The molecule has 4 aromatic heterocycles. The van der Waals surface area contributed by atoms with E-state index in [4.69, 9.17) is 19.4 Å². The highest BCUT2D eigenvalue weighted by Gasteiger charge is 2.20. The lowest BCUT2D eigenvalue weighted by Gasteiger charge is -2.12. The summed E-state index contributed by atoms with van der Waals surface area (Å²) in [7, 11) is 0. The molecule has 13 aromatic rings. The van der Waals surface area contributed by atoms with Crippen molar-refractivity contribution in [2.45, 2.75) is 0 Å². The van der Waals surface area contributed by atoms with Crippen LogP contribution >= 0.6 is 0 Å². The summed E-state index contributed by atoms with van der Waals surface area (Å²) in [5.41, 5.74) is 11.8. The van der Waals surface area contributed by atoms with Crippen molar-refractivity contribution in [3.05, 3.63) is 213 Å². The monoisotopic (exact) mass is 817 g/mol. The Hall–Kier alpha value is -8.74. The molecule has 4 heterocycles. The molecule has 0 unspecified atom stereocenters. The number of nitrogens with zero attached hydrogens (tertiary/aromatic N) is 5. The molecule has 0 radical (unpaired) electrons. The summed E-state index contributed by atoms with van der Waals surface area (Å²) in [4.78, 5) is 20.2. The van der Waals surface area contributed by atoms with Gasteiger partial charge in [0.05, 0.1) is 16.6 Å². The van der Waals surface area contributed by atoms with Gasteiger partial charge in [0.25, 0.3) is 0 Å². The number of rotatable bonds is 6. The van der Waals surface area contributed by atoms with Crippen molar-refractivity contribution in [3.63, 3.8) is 0 Å². The van der Waals surface area contributed by atoms with Crippen molar-refractivity contribution < 1.29 is 4.42 Å². The summed E-state index contributed by atoms with van der Waals surface area (Å²) in [6.07, 6.45) is 3.63. The average Bonchev–Trinajstić information content (AvgIpc) is 3.93. The highest BCUT2D eigenvalue weighted by atomic mass is 16.3. The predicted octanol–water partition coefficient (Wildman–Crippen LogP) is 14.9. The molecule has 64 heavy (non-hydrogen) atoms. The first-order valence-corrected chi connectivity index (χ1v) is 21.4. The van der Waals surface area contributed by atoms with Crippen molar-refractivity contribution >= 4 is 65.3 Å². The highest BCUT2D eigenvalue weighted by molar-refractivity contribution is 6.21. The van der Waals surface area contributed by atoms with Gasteiger partial charge in [-0.1, -0.05) is 164 Å². The van der Waals surface area contributed by atoms with Gasteiger partial charge in [0.2, 0.25) is 0 Å². The molecular formula is C58H35N5O. The maximum absolute atomic E-state index is 6.48. The van der Waals surface area contributed by atoms with Crippen LogP contribution in [-0.4, -0.2) is 24.5 Å². The van der Waals surface area contributed by atoms with E-state index >= 15 is 0 Å². The van der Waals surface area contributed by atoms with Crippen LogP contribution in [0.1, 0.15) is 0 Å². The molecule has 0 saturated carbocycles. The van der Waals surface area contributed by atoms with Gasteiger partial charge in [-0.3, -0.25) is 4.98 Å². The minimum absolute atomic E-state index is 0.488. The summed E-state index contributed by atoms with van der Waals surface area (Å²) in [6, 6.07) is 70.5. The standard InChI is InChI=1S/C58H35N5O/c1-3-19-44-36(12-1)14-11-23-45(44)38-26-28-39(29-27-38)56-60-57(62-58(61-56)50-35-59-34-49-47-21-6-8-25-53(47)64-55(49)50)42-17-9-15-40(32-42)41-16-10-18-43(33-41)63-51-24-7-5-22-48(51)54-46-20-4-2-13-37(46)30-31-52(54)63/h1-35H. The van der Waals surface area contributed by atoms with Crippen LogP contribution in [0.3, 0.4) is 0 Å². The van der Waals surface area contributed by atoms with Gasteiger partial charge in [0.15, 0.2) is 17.5 Å². The third-order valence-electron chi connectivity index (χ3n) is 12.5. The molecular weight excluding hydrogens is 783 g/mol. The Morgan fingerprint density at radius 2 is 0.984 bits per heavy atom. The first kappa shape index (κ1) is 36.0. The Labute approximate surface area is 367 Å². The van der Waals surface area contributed by atoms with E-state index in [1.165, 1.54) is 48.9 Å². The second-order valence-corrected chi connectivity index (χ2v) is 16.2. The number of hydrogen-bond acceptors (Lipinski definition) is 5. The van der Waals surface area contributed by atoms with Crippen LogP contribution in [0.15, 0.2) is 217 Å². The Kier molecular flexibility index (Phi) is 8.11. The molecule has 0 atom stereocenters. The molecule has 0 saturated heterocycles. The molecule has 0 bridgehead atoms. The first-order chi connectivity index (χ1) is 31.7. The number of para-hydroxylation sites is 2. The largest absolute Gasteiger partial charge is 0.455 e.